The van der Waals surface area contributed by atoms with Crippen molar-refractivity contribution < 1.29 is 9.30 Å². The van der Waals surface area contributed by atoms with Crippen LogP contribution in [0.2, 0.25) is 0 Å². The van der Waals surface area contributed by atoms with Crippen LogP contribution in [0.25, 0.3) is 0 Å². The van der Waals surface area contributed by atoms with Crippen LogP contribution < -0.4 is 9.30 Å². The first-order valence-electron chi connectivity index (χ1n) is 7.46. The van der Waals surface area contributed by atoms with Gasteiger partial charge < -0.3 is 4.74 Å². The largest absolute Gasteiger partial charge is 0.440 e. The van der Waals surface area contributed by atoms with Gasteiger partial charge in [0.2, 0.25) is 0 Å². The van der Waals surface area contributed by atoms with Gasteiger partial charge in [0.05, 0.1) is 6.20 Å². The summed E-state index contributed by atoms with van der Waals surface area (Å²) in [6.45, 7) is 0.825. The first-order valence-corrected chi connectivity index (χ1v) is 7.46. The Hall–Kier alpha value is -1.90. The van der Waals surface area contributed by atoms with E-state index in [2.05, 4.69) is 33.8 Å². The van der Waals surface area contributed by atoms with Gasteiger partial charge in [-0.2, -0.15) is 4.57 Å². The Morgan fingerprint density at radius 1 is 1.10 bits per heavy atom. The molecular weight excluding hydrogens is 248 g/mol. The van der Waals surface area contributed by atoms with Crippen molar-refractivity contribution in [1.82, 2.24) is 4.98 Å². The molecule has 104 valence electrons. The molecule has 0 radical (unpaired) electrons. The second-order valence-electron chi connectivity index (χ2n) is 5.41. The fourth-order valence-electron chi connectivity index (χ4n) is 2.74. The fourth-order valence-corrected chi connectivity index (χ4v) is 2.74. The number of hydrogen-bond donors (Lipinski definition) is 0. The molecule has 0 bridgehead atoms. The molecule has 0 amide bonds. The number of hydrogen-bond acceptors (Lipinski definition) is 2. The predicted octanol–water partition coefficient (Wildman–Crippen LogP) is 3.13. The maximum absolute atomic E-state index is 6.16. The molecular formula is C17H21N2O+. The normalized spacial score (nSPS) is 16.0. The highest BCUT2D eigenvalue weighted by Gasteiger charge is 2.20. The Kier molecular flexibility index (Phi) is 4.26. The van der Waals surface area contributed by atoms with Crippen LogP contribution >= 0.6 is 0 Å². The lowest BCUT2D eigenvalue weighted by Gasteiger charge is -2.21. The lowest BCUT2D eigenvalue weighted by Crippen LogP contribution is -2.38. The molecule has 3 heteroatoms. The van der Waals surface area contributed by atoms with Gasteiger partial charge in [-0.1, -0.05) is 36.8 Å². The highest BCUT2D eigenvalue weighted by molar-refractivity contribution is 5.13. The van der Waals surface area contributed by atoms with E-state index in [0.29, 0.717) is 6.10 Å². The van der Waals surface area contributed by atoms with Crippen molar-refractivity contribution in [3.63, 3.8) is 0 Å². The fraction of sp³-hybridized carbons (Fsp3) is 0.412. The Balaban J connectivity index is 1.74. The van der Waals surface area contributed by atoms with Crippen LogP contribution in [0.15, 0.2) is 48.9 Å². The SMILES string of the molecule is c1ccc(C[n+]2ccncc2OC2CCCCC2)cc1. The molecule has 1 saturated carbocycles. The second kappa shape index (κ2) is 6.51. The monoisotopic (exact) mass is 269 g/mol. The minimum Gasteiger partial charge on any atom is -0.440 e. The zero-order chi connectivity index (χ0) is 13.6. The summed E-state index contributed by atoms with van der Waals surface area (Å²) in [4.78, 5) is 4.21. The average molecular weight is 269 g/mol. The molecule has 1 heterocycles. The average Bonchev–Trinajstić information content (AvgIpc) is 2.51. The summed E-state index contributed by atoms with van der Waals surface area (Å²) in [5.41, 5.74) is 1.28. The second-order valence-corrected chi connectivity index (χ2v) is 5.41. The van der Waals surface area contributed by atoms with Crippen molar-refractivity contribution in [3.8, 4) is 5.88 Å². The summed E-state index contributed by atoms with van der Waals surface area (Å²) < 4.78 is 8.29. The molecule has 0 spiro atoms. The highest BCUT2D eigenvalue weighted by Crippen LogP contribution is 2.21. The Morgan fingerprint density at radius 2 is 1.90 bits per heavy atom. The minimum absolute atomic E-state index is 0.356. The van der Waals surface area contributed by atoms with E-state index in [0.717, 1.165) is 12.4 Å². The van der Waals surface area contributed by atoms with Gasteiger partial charge in [-0.15, -0.1) is 0 Å². The first kappa shape index (κ1) is 13.1. The maximum atomic E-state index is 6.16. The molecule has 3 nitrogen and oxygen atoms in total. The first-order chi connectivity index (χ1) is 9.92. The van der Waals surface area contributed by atoms with Gasteiger partial charge in [-0.05, 0) is 25.7 Å². The molecule has 3 rings (SSSR count). The highest BCUT2D eigenvalue weighted by atomic mass is 16.5. The van der Waals surface area contributed by atoms with E-state index in [1.54, 1.807) is 0 Å². The molecule has 0 atom stereocenters. The number of benzene rings is 1. The third kappa shape index (κ3) is 3.35. The maximum Gasteiger partial charge on any atom is 0.387 e. The standard InChI is InChI=1S/C17H21N2O/c1-3-7-15(8-4-1)14-19-12-11-18-13-17(19)20-16-9-5-2-6-10-16/h1,3-4,7-8,11-13,16H,2,5-6,9-10,14H2/q+1. The smallest absolute Gasteiger partial charge is 0.387 e. The van der Waals surface area contributed by atoms with Crippen molar-refractivity contribution in [2.45, 2.75) is 44.8 Å². The van der Waals surface area contributed by atoms with Crippen molar-refractivity contribution >= 4 is 0 Å². The van der Waals surface area contributed by atoms with Gasteiger partial charge in [0.1, 0.15) is 12.3 Å². The van der Waals surface area contributed by atoms with Crippen molar-refractivity contribution in [3.05, 3.63) is 54.5 Å². The van der Waals surface area contributed by atoms with Gasteiger partial charge in [0.25, 0.3) is 0 Å². The summed E-state index contributed by atoms with van der Waals surface area (Å²) in [7, 11) is 0. The van der Waals surface area contributed by atoms with Crippen LogP contribution in [0.3, 0.4) is 0 Å². The van der Waals surface area contributed by atoms with Crippen LogP contribution in [-0.2, 0) is 6.54 Å². The topological polar surface area (TPSA) is 26.0 Å². The number of nitrogens with zero attached hydrogens (tertiary/aromatic N) is 2. The van der Waals surface area contributed by atoms with Crippen molar-refractivity contribution in [2.24, 2.45) is 0 Å². The molecule has 0 saturated heterocycles. The van der Waals surface area contributed by atoms with E-state index in [1.807, 2.05) is 24.7 Å². The minimum atomic E-state index is 0.356. The summed E-state index contributed by atoms with van der Waals surface area (Å²) in [6, 6.07) is 10.5. The van der Waals surface area contributed by atoms with E-state index in [4.69, 9.17) is 4.74 Å². The van der Waals surface area contributed by atoms with E-state index in [-0.39, 0.29) is 0 Å². The molecule has 1 fully saturated rings. The third-order valence-electron chi connectivity index (χ3n) is 3.84. The van der Waals surface area contributed by atoms with Gasteiger partial charge in [-0.25, -0.2) is 4.98 Å². The summed E-state index contributed by atoms with van der Waals surface area (Å²) >= 11 is 0. The van der Waals surface area contributed by atoms with E-state index in [9.17, 15) is 0 Å². The molecule has 0 unspecified atom stereocenters. The quantitative estimate of drug-likeness (QED) is 0.797. The van der Waals surface area contributed by atoms with Crippen LogP contribution in [0, 0.1) is 0 Å². The van der Waals surface area contributed by atoms with Crippen molar-refractivity contribution in [2.75, 3.05) is 0 Å². The Morgan fingerprint density at radius 3 is 2.70 bits per heavy atom. The molecule has 1 aromatic heterocycles. The van der Waals surface area contributed by atoms with Gasteiger partial charge in [-0.3, -0.25) is 0 Å². The summed E-state index contributed by atoms with van der Waals surface area (Å²) in [6.07, 6.45) is 12.2. The van der Waals surface area contributed by atoms with Crippen LogP contribution in [0.4, 0.5) is 0 Å². The zero-order valence-electron chi connectivity index (χ0n) is 11.7. The number of ether oxygens (including phenoxy) is 1. The van der Waals surface area contributed by atoms with Gasteiger partial charge in [0.15, 0.2) is 12.7 Å². The number of aromatic nitrogens is 2. The van der Waals surface area contributed by atoms with Crippen LogP contribution in [0.5, 0.6) is 5.88 Å². The summed E-state index contributed by atoms with van der Waals surface area (Å²) in [5.74, 6) is 0.878. The molecule has 20 heavy (non-hydrogen) atoms. The lowest BCUT2D eigenvalue weighted by molar-refractivity contribution is -0.694. The Labute approximate surface area is 120 Å². The predicted molar refractivity (Wildman–Crippen MR) is 77.5 cm³/mol. The molecule has 1 aliphatic carbocycles. The molecule has 2 aromatic rings. The summed E-state index contributed by atoms with van der Waals surface area (Å²) in [5, 5.41) is 0. The molecule has 0 aliphatic heterocycles. The Bertz CT molecular complexity index is 536. The number of rotatable bonds is 4. The van der Waals surface area contributed by atoms with Crippen LogP contribution in [0.1, 0.15) is 37.7 Å². The molecule has 0 N–H and O–H groups in total. The van der Waals surface area contributed by atoms with Crippen molar-refractivity contribution in [1.29, 1.82) is 0 Å². The van der Waals surface area contributed by atoms with Gasteiger partial charge >= 0.3 is 5.88 Å². The van der Waals surface area contributed by atoms with E-state index < -0.39 is 0 Å². The van der Waals surface area contributed by atoms with Crippen LogP contribution in [-0.4, -0.2) is 11.1 Å². The zero-order valence-corrected chi connectivity index (χ0v) is 11.7. The van der Waals surface area contributed by atoms with E-state index in [1.165, 1.54) is 37.7 Å². The molecule has 1 aromatic carbocycles. The van der Waals surface area contributed by atoms with Gasteiger partial charge in [0, 0.05) is 5.56 Å². The molecule has 1 aliphatic rings. The van der Waals surface area contributed by atoms with E-state index >= 15 is 0 Å². The third-order valence-corrected chi connectivity index (χ3v) is 3.84. The lowest BCUT2D eigenvalue weighted by atomic mass is 9.98.